The molecule has 4 aromatic rings. The predicted molar refractivity (Wildman–Crippen MR) is 116 cm³/mol. The van der Waals surface area contributed by atoms with Crippen molar-refractivity contribution in [3.63, 3.8) is 0 Å². The number of anilines is 1. The lowest BCUT2D eigenvalue weighted by Gasteiger charge is -2.38. The lowest BCUT2D eigenvalue weighted by molar-refractivity contribution is -0.121. The lowest BCUT2D eigenvalue weighted by Crippen LogP contribution is -2.49. The van der Waals surface area contributed by atoms with E-state index in [9.17, 15) is 4.79 Å². The highest BCUT2D eigenvalue weighted by Gasteiger charge is 2.31. The van der Waals surface area contributed by atoms with Crippen LogP contribution in [0.2, 0.25) is 0 Å². The highest BCUT2D eigenvalue weighted by Crippen LogP contribution is 2.31. The van der Waals surface area contributed by atoms with Gasteiger partial charge in [0.05, 0.1) is 0 Å². The van der Waals surface area contributed by atoms with Crippen molar-refractivity contribution in [1.82, 2.24) is 29.7 Å². The van der Waals surface area contributed by atoms with E-state index in [0.29, 0.717) is 12.0 Å². The quantitative estimate of drug-likeness (QED) is 0.484. The van der Waals surface area contributed by atoms with E-state index in [4.69, 9.17) is 0 Å². The highest BCUT2D eigenvalue weighted by atomic mass is 16.1. The number of pyridine rings is 1. The molecular formula is C22H25N7O. The molecule has 1 aliphatic rings. The number of aromatic nitrogens is 5. The Bertz CT molecular complexity index is 1220. The number of rotatable bonds is 4. The first-order valence-electron chi connectivity index (χ1n) is 10.3. The van der Waals surface area contributed by atoms with Crippen LogP contribution in [0.1, 0.15) is 39.5 Å². The van der Waals surface area contributed by atoms with E-state index in [-0.39, 0.29) is 11.4 Å². The number of hydrogen-bond donors (Lipinski definition) is 3. The average Bonchev–Trinajstić information content (AvgIpc) is 3.35. The van der Waals surface area contributed by atoms with Crippen LogP contribution in [0.4, 0.5) is 5.95 Å². The molecule has 4 heterocycles. The molecule has 1 fully saturated rings. The molecule has 0 atom stereocenters. The van der Waals surface area contributed by atoms with Gasteiger partial charge in [-0.15, -0.1) is 0 Å². The van der Waals surface area contributed by atoms with Crippen molar-refractivity contribution in [3.8, 4) is 11.1 Å². The molecule has 0 unspecified atom stereocenters. The van der Waals surface area contributed by atoms with Gasteiger partial charge < -0.3 is 20.0 Å². The zero-order valence-electron chi connectivity index (χ0n) is 17.1. The Kier molecular flexibility index (Phi) is 4.42. The number of imidazole rings is 1. The van der Waals surface area contributed by atoms with Crippen molar-refractivity contribution in [2.45, 2.75) is 51.1 Å². The summed E-state index contributed by atoms with van der Waals surface area (Å²) in [5.74, 6) is 0.668. The molecular weight excluding hydrogens is 378 g/mol. The molecule has 5 rings (SSSR count). The second-order valence-electron chi connectivity index (χ2n) is 8.43. The number of nitrogens with zero attached hydrogens (tertiary/aromatic N) is 4. The van der Waals surface area contributed by atoms with E-state index in [2.05, 4.69) is 49.8 Å². The first kappa shape index (κ1) is 18.6. The zero-order chi connectivity index (χ0) is 20.7. The molecule has 1 saturated carbocycles. The van der Waals surface area contributed by atoms with Gasteiger partial charge >= 0.3 is 0 Å². The van der Waals surface area contributed by atoms with Crippen LogP contribution in [0.15, 0.2) is 43.1 Å². The Morgan fingerprint density at radius 2 is 2.10 bits per heavy atom. The minimum absolute atomic E-state index is 0.0347. The van der Waals surface area contributed by atoms with Gasteiger partial charge in [-0.2, -0.15) is 4.98 Å². The van der Waals surface area contributed by atoms with Gasteiger partial charge in [0, 0.05) is 66.0 Å². The van der Waals surface area contributed by atoms with Crippen LogP contribution in [0.3, 0.4) is 0 Å². The van der Waals surface area contributed by atoms with Crippen molar-refractivity contribution in [2.75, 3.05) is 5.32 Å². The summed E-state index contributed by atoms with van der Waals surface area (Å²) in [5, 5.41) is 7.54. The monoisotopic (exact) mass is 403 g/mol. The van der Waals surface area contributed by atoms with E-state index < -0.39 is 0 Å². The van der Waals surface area contributed by atoms with Crippen molar-refractivity contribution in [3.05, 3.63) is 43.1 Å². The Hall–Kier alpha value is -3.42. The first-order chi connectivity index (χ1) is 14.5. The third-order valence-electron chi connectivity index (χ3n) is 6.03. The fraction of sp³-hybridized carbons (Fsp3) is 0.364. The first-order valence-corrected chi connectivity index (χ1v) is 10.3. The SMILES string of the molecule is CC(=O)N[C@]1(C)CC[C@@H](Nc2ncc3c(-c4ccc5nccn5c4)c[nH]c3n2)CC1. The maximum absolute atomic E-state index is 11.4. The minimum Gasteiger partial charge on any atom is -0.351 e. The maximum Gasteiger partial charge on any atom is 0.224 e. The van der Waals surface area contributed by atoms with E-state index in [1.807, 2.05) is 29.1 Å². The Balaban J connectivity index is 1.32. The van der Waals surface area contributed by atoms with Crippen molar-refractivity contribution in [2.24, 2.45) is 0 Å². The molecule has 1 aliphatic carbocycles. The highest BCUT2D eigenvalue weighted by molar-refractivity contribution is 5.93. The number of amides is 1. The van der Waals surface area contributed by atoms with Gasteiger partial charge in [-0.3, -0.25) is 4.79 Å². The van der Waals surface area contributed by atoms with E-state index in [1.54, 1.807) is 13.1 Å². The number of hydrogen-bond acceptors (Lipinski definition) is 5. The second-order valence-corrected chi connectivity index (χ2v) is 8.43. The molecule has 154 valence electrons. The molecule has 0 spiro atoms. The molecule has 0 aliphatic heterocycles. The van der Waals surface area contributed by atoms with Gasteiger partial charge in [-0.05, 0) is 44.7 Å². The van der Waals surface area contributed by atoms with Gasteiger partial charge in [-0.1, -0.05) is 0 Å². The fourth-order valence-electron chi connectivity index (χ4n) is 4.43. The van der Waals surface area contributed by atoms with Crippen molar-refractivity contribution < 1.29 is 4.79 Å². The molecule has 30 heavy (non-hydrogen) atoms. The smallest absolute Gasteiger partial charge is 0.224 e. The summed E-state index contributed by atoms with van der Waals surface area (Å²) in [6, 6.07) is 4.37. The van der Waals surface area contributed by atoms with Gasteiger partial charge in [-0.25, -0.2) is 9.97 Å². The Morgan fingerprint density at radius 3 is 2.90 bits per heavy atom. The van der Waals surface area contributed by atoms with Gasteiger partial charge in [0.15, 0.2) is 0 Å². The molecule has 8 nitrogen and oxygen atoms in total. The van der Waals surface area contributed by atoms with Gasteiger partial charge in [0.2, 0.25) is 11.9 Å². The van der Waals surface area contributed by atoms with Crippen LogP contribution in [0.25, 0.3) is 27.8 Å². The van der Waals surface area contributed by atoms with E-state index >= 15 is 0 Å². The molecule has 8 heteroatoms. The zero-order valence-corrected chi connectivity index (χ0v) is 17.1. The summed E-state index contributed by atoms with van der Waals surface area (Å²) < 4.78 is 2.00. The number of nitrogens with one attached hydrogen (secondary N) is 3. The minimum atomic E-state index is -0.112. The van der Waals surface area contributed by atoms with Crippen LogP contribution >= 0.6 is 0 Å². The summed E-state index contributed by atoms with van der Waals surface area (Å²) in [6.07, 6.45) is 13.5. The van der Waals surface area contributed by atoms with Crippen LogP contribution in [0.5, 0.6) is 0 Å². The summed E-state index contributed by atoms with van der Waals surface area (Å²) >= 11 is 0. The number of fused-ring (bicyclic) bond motifs is 2. The van der Waals surface area contributed by atoms with Crippen molar-refractivity contribution in [1.29, 1.82) is 0 Å². The van der Waals surface area contributed by atoms with Crippen LogP contribution in [-0.4, -0.2) is 41.8 Å². The summed E-state index contributed by atoms with van der Waals surface area (Å²) in [7, 11) is 0. The molecule has 0 aromatic carbocycles. The number of H-pyrrole nitrogens is 1. The lowest BCUT2D eigenvalue weighted by atomic mass is 9.81. The molecule has 1 amide bonds. The molecule has 0 bridgehead atoms. The number of carbonyl (C=O) groups excluding carboxylic acids is 1. The average molecular weight is 403 g/mol. The predicted octanol–water partition coefficient (Wildman–Crippen LogP) is 3.52. The summed E-state index contributed by atoms with van der Waals surface area (Å²) in [4.78, 5) is 28.2. The van der Waals surface area contributed by atoms with E-state index in [0.717, 1.165) is 53.5 Å². The number of carbonyl (C=O) groups is 1. The van der Waals surface area contributed by atoms with Gasteiger partial charge in [0.25, 0.3) is 0 Å². The van der Waals surface area contributed by atoms with Crippen LogP contribution in [0, 0.1) is 0 Å². The van der Waals surface area contributed by atoms with Crippen molar-refractivity contribution >= 4 is 28.5 Å². The second kappa shape index (κ2) is 7.12. The topological polar surface area (TPSA) is 100 Å². The molecule has 0 radical (unpaired) electrons. The largest absolute Gasteiger partial charge is 0.351 e. The third-order valence-corrected chi connectivity index (χ3v) is 6.03. The molecule has 3 N–H and O–H groups in total. The van der Waals surface area contributed by atoms with Crippen LogP contribution < -0.4 is 10.6 Å². The molecule has 4 aromatic heterocycles. The Morgan fingerprint density at radius 1 is 1.27 bits per heavy atom. The normalized spacial score (nSPS) is 21.7. The van der Waals surface area contributed by atoms with Gasteiger partial charge in [0.1, 0.15) is 11.3 Å². The standard InChI is InChI=1S/C22H25N7O/c1-14(30)28-22(2)7-5-16(6-8-22)26-21-25-12-18-17(11-24-20(18)27-21)15-3-4-19-23-9-10-29(19)13-15/h3-4,9-13,16H,5-8H2,1-2H3,(H,28,30)(H2,24,25,26,27)/t16-,22-. The third kappa shape index (κ3) is 3.49. The Labute approximate surface area is 174 Å². The van der Waals surface area contributed by atoms with E-state index in [1.165, 1.54) is 0 Å². The molecule has 0 saturated heterocycles. The maximum atomic E-state index is 11.4. The van der Waals surface area contributed by atoms with Crippen LogP contribution in [-0.2, 0) is 4.79 Å². The summed E-state index contributed by atoms with van der Waals surface area (Å²) in [5.41, 5.74) is 3.77. The fourth-order valence-corrected chi connectivity index (χ4v) is 4.43. The summed E-state index contributed by atoms with van der Waals surface area (Å²) in [6.45, 7) is 3.70. The number of aromatic amines is 1.